The predicted octanol–water partition coefficient (Wildman–Crippen LogP) is 3.07. The molecule has 0 amide bonds. The number of aromatic nitrogens is 3. The minimum Gasteiger partial charge on any atom is -0.339 e. The van der Waals surface area contributed by atoms with Crippen LogP contribution in [0.5, 0.6) is 0 Å². The van der Waals surface area contributed by atoms with Crippen molar-refractivity contribution in [2.75, 3.05) is 6.54 Å². The molecule has 1 aromatic carbocycles. The Morgan fingerprint density at radius 3 is 2.75 bits per heavy atom. The molecule has 1 aliphatic heterocycles. The molecule has 0 spiro atoms. The zero-order chi connectivity index (χ0) is 19.7. The quantitative estimate of drug-likeness (QED) is 0.660. The van der Waals surface area contributed by atoms with Crippen LogP contribution in [0.1, 0.15) is 35.8 Å². The van der Waals surface area contributed by atoms with Crippen molar-refractivity contribution in [3.63, 3.8) is 0 Å². The fraction of sp³-hybridized carbons (Fsp3) is 0.300. The summed E-state index contributed by atoms with van der Waals surface area (Å²) in [5, 5.41) is 0.0458. The monoisotopic (exact) mass is 400 g/mol. The van der Waals surface area contributed by atoms with Gasteiger partial charge >= 0.3 is 0 Å². The number of pyridine rings is 1. The maximum atomic E-state index is 14.0. The summed E-state index contributed by atoms with van der Waals surface area (Å²) in [6.07, 6.45) is 4.80. The van der Waals surface area contributed by atoms with Crippen LogP contribution in [-0.2, 0) is 23.5 Å². The Labute approximate surface area is 163 Å². The molecule has 0 bridgehead atoms. The molecule has 0 radical (unpaired) electrons. The molecule has 6 nitrogen and oxygen atoms in total. The number of hydrogen-bond acceptors (Lipinski definition) is 4. The van der Waals surface area contributed by atoms with E-state index in [1.807, 2.05) is 18.2 Å². The molecule has 0 N–H and O–H groups in total. The molecule has 0 unspecified atom stereocenters. The molecular weight excluding hydrogens is 379 g/mol. The van der Waals surface area contributed by atoms with Gasteiger partial charge in [0.1, 0.15) is 5.82 Å². The van der Waals surface area contributed by atoms with Crippen LogP contribution >= 0.6 is 0 Å². The summed E-state index contributed by atoms with van der Waals surface area (Å²) >= 11 is 0. The number of hydrogen-bond donors (Lipinski definition) is 0. The highest BCUT2D eigenvalue weighted by atomic mass is 32.2. The molecule has 1 aliphatic rings. The summed E-state index contributed by atoms with van der Waals surface area (Å²) in [4.78, 5) is 8.67. The minimum atomic E-state index is -3.69. The number of rotatable bonds is 5. The first-order valence-electron chi connectivity index (χ1n) is 9.14. The van der Waals surface area contributed by atoms with Gasteiger partial charge in [-0.2, -0.15) is 4.31 Å². The lowest BCUT2D eigenvalue weighted by molar-refractivity contribution is 0.388. The van der Waals surface area contributed by atoms with E-state index < -0.39 is 10.0 Å². The van der Waals surface area contributed by atoms with Crippen molar-refractivity contribution in [1.82, 2.24) is 18.8 Å². The molecule has 4 rings (SSSR count). The number of halogens is 1. The summed E-state index contributed by atoms with van der Waals surface area (Å²) in [6.45, 7) is 0.433. The van der Waals surface area contributed by atoms with Gasteiger partial charge in [-0.3, -0.25) is 4.98 Å². The van der Waals surface area contributed by atoms with Gasteiger partial charge < -0.3 is 4.57 Å². The predicted molar refractivity (Wildman–Crippen MR) is 103 cm³/mol. The lowest BCUT2D eigenvalue weighted by atomic mass is 10.1. The Bertz CT molecular complexity index is 1100. The number of imidazole rings is 1. The van der Waals surface area contributed by atoms with Gasteiger partial charge in [-0.1, -0.05) is 24.3 Å². The van der Waals surface area contributed by atoms with Crippen molar-refractivity contribution in [2.45, 2.75) is 30.3 Å². The Kier molecular flexibility index (Phi) is 4.99. The topological polar surface area (TPSA) is 68.1 Å². The average molecular weight is 400 g/mol. The van der Waals surface area contributed by atoms with Crippen molar-refractivity contribution in [1.29, 1.82) is 0 Å². The van der Waals surface area contributed by atoms with E-state index in [1.54, 1.807) is 29.8 Å². The number of benzene rings is 1. The molecule has 2 aromatic heterocycles. The van der Waals surface area contributed by atoms with Crippen molar-refractivity contribution in [3.8, 4) is 0 Å². The Morgan fingerprint density at radius 1 is 1.18 bits per heavy atom. The molecule has 1 fully saturated rings. The van der Waals surface area contributed by atoms with Gasteiger partial charge in [0.2, 0.25) is 0 Å². The number of aryl methyl sites for hydroxylation is 1. The first-order chi connectivity index (χ1) is 13.4. The van der Waals surface area contributed by atoms with E-state index in [9.17, 15) is 12.8 Å². The second-order valence-electron chi connectivity index (χ2n) is 6.97. The van der Waals surface area contributed by atoms with Crippen LogP contribution in [-0.4, -0.2) is 33.8 Å². The van der Waals surface area contributed by atoms with Gasteiger partial charge in [-0.05, 0) is 36.6 Å². The van der Waals surface area contributed by atoms with Gasteiger partial charge in [0, 0.05) is 31.9 Å². The Balaban J connectivity index is 1.62. The normalized spacial score (nSPS) is 17.9. The SMILES string of the molecule is Cn1cnc(S(=O)(=O)N2CCC[C@@H]2c2cccc(Cc3ccccc3F)n2)c1. The smallest absolute Gasteiger partial charge is 0.262 e. The Morgan fingerprint density at radius 2 is 2.00 bits per heavy atom. The summed E-state index contributed by atoms with van der Waals surface area (Å²) in [5.74, 6) is -0.269. The van der Waals surface area contributed by atoms with Crippen LogP contribution in [0, 0.1) is 5.82 Å². The summed E-state index contributed by atoms with van der Waals surface area (Å²) in [7, 11) is -1.95. The summed E-state index contributed by atoms with van der Waals surface area (Å²) in [6, 6.07) is 11.8. The van der Waals surface area contributed by atoms with Crippen molar-refractivity contribution >= 4 is 10.0 Å². The molecule has 1 saturated heterocycles. The van der Waals surface area contributed by atoms with E-state index in [0.29, 0.717) is 36.3 Å². The van der Waals surface area contributed by atoms with Crippen LogP contribution in [0.25, 0.3) is 0 Å². The highest BCUT2D eigenvalue weighted by molar-refractivity contribution is 7.89. The summed E-state index contributed by atoms with van der Waals surface area (Å²) < 4.78 is 43.1. The largest absolute Gasteiger partial charge is 0.339 e. The second-order valence-corrected chi connectivity index (χ2v) is 8.81. The van der Waals surface area contributed by atoms with E-state index in [2.05, 4.69) is 9.97 Å². The van der Waals surface area contributed by atoms with E-state index >= 15 is 0 Å². The van der Waals surface area contributed by atoms with Gasteiger partial charge in [0.15, 0.2) is 5.03 Å². The van der Waals surface area contributed by atoms with Gasteiger partial charge in [-0.15, -0.1) is 0 Å². The Hall–Kier alpha value is -2.58. The standard InChI is InChI=1S/C20H21FN4O2S/c1-24-13-20(22-14-24)28(26,27)25-11-5-10-19(25)18-9-4-7-16(23-18)12-15-6-2-3-8-17(15)21/h2-4,6-9,13-14,19H,5,10-12H2,1H3/t19-/m1/s1. The van der Waals surface area contributed by atoms with Crippen LogP contribution in [0.15, 0.2) is 60.0 Å². The van der Waals surface area contributed by atoms with E-state index in [1.165, 1.54) is 22.9 Å². The van der Waals surface area contributed by atoms with Crippen LogP contribution in [0.4, 0.5) is 4.39 Å². The lowest BCUT2D eigenvalue weighted by Gasteiger charge is -2.23. The van der Waals surface area contributed by atoms with Crippen molar-refractivity contribution in [2.24, 2.45) is 7.05 Å². The average Bonchev–Trinajstić information content (AvgIpc) is 3.34. The fourth-order valence-electron chi connectivity index (χ4n) is 3.58. The molecule has 3 heterocycles. The molecule has 0 aliphatic carbocycles. The number of nitrogens with zero attached hydrogens (tertiary/aromatic N) is 4. The van der Waals surface area contributed by atoms with Gasteiger partial charge in [0.05, 0.1) is 18.1 Å². The first kappa shape index (κ1) is 18.8. The van der Waals surface area contributed by atoms with Crippen molar-refractivity contribution < 1.29 is 12.8 Å². The highest BCUT2D eigenvalue weighted by Crippen LogP contribution is 2.35. The highest BCUT2D eigenvalue weighted by Gasteiger charge is 2.38. The van der Waals surface area contributed by atoms with Crippen LogP contribution < -0.4 is 0 Å². The summed E-state index contributed by atoms with van der Waals surface area (Å²) in [5.41, 5.74) is 1.96. The maximum absolute atomic E-state index is 14.0. The van der Waals surface area contributed by atoms with E-state index in [-0.39, 0.29) is 16.9 Å². The molecule has 3 aromatic rings. The van der Waals surface area contributed by atoms with Crippen molar-refractivity contribution in [3.05, 3.63) is 77.8 Å². The molecule has 146 valence electrons. The molecule has 1 atom stereocenters. The lowest BCUT2D eigenvalue weighted by Crippen LogP contribution is -2.31. The third kappa shape index (κ3) is 3.57. The van der Waals surface area contributed by atoms with Gasteiger partial charge in [-0.25, -0.2) is 17.8 Å². The molecule has 28 heavy (non-hydrogen) atoms. The first-order valence-corrected chi connectivity index (χ1v) is 10.6. The zero-order valence-corrected chi connectivity index (χ0v) is 16.3. The number of sulfonamides is 1. The van der Waals surface area contributed by atoms with E-state index in [4.69, 9.17) is 0 Å². The maximum Gasteiger partial charge on any atom is 0.262 e. The molecule has 8 heteroatoms. The molecular formula is C20H21FN4O2S. The van der Waals surface area contributed by atoms with Gasteiger partial charge in [0.25, 0.3) is 10.0 Å². The minimum absolute atomic E-state index is 0.0458. The second kappa shape index (κ2) is 7.44. The zero-order valence-electron chi connectivity index (χ0n) is 15.5. The van der Waals surface area contributed by atoms with E-state index in [0.717, 1.165) is 6.42 Å². The fourth-order valence-corrected chi connectivity index (χ4v) is 5.22. The van der Waals surface area contributed by atoms with Crippen LogP contribution in [0.3, 0.4) is 0 Å². The molecule has 0 saturated carbocycles. The third-order valence-corrected chi connectivity index (χ3v) is 6.75. The van der Waals surface area contributed by atoms with Crippen LogP contribution in [0.2, 0.25) is 0 Å². The third-order valence-electron chi connectivity index (χ3n) is 4.96.